The Hall–Kier alpha value is -1.63. The fraction of sp³-hybridized carbons (Fsp3) is 0.545. The molecule has 18 heavy (non-hydrogen) atoms. The van der Waals surface area contributed by atoms with Crippen LogP contribution in [0.3, 0.4) is 0 Å². The normalized spacial score (nSPS) is 10.4. The number of amides is 1. The van der Waals surface area contributed by atoms with Crippen molar-refractivity contribution >= 4 is 28.3 Å². The van der Waals surface area contributed by atoms with E-state index in [1.807, 2.05) is 13.8 Å². The number of carbonyl (C=O) groups excluding carboxylic acids is 1. The Morgan fingerprint density at radius 1 is 1.44 bits per heavy atom. The SMILES string of the molecule is Cc1nc(NCCC(=O)NC(C)C)sc1C(=O)O. The molecule has 0 atom stereocenters. The third-order valence-electron chi connectivity index (χ3n) is 2.07. The van der Waals surface area contributed by atoms with Crippen molar-refractivity contribution < 1.29 is 14.7 Å². The van der Waals surface area contributed by atoms with Gasteiger partial charge in [0.05, 0.1) is 5.69 Å². The van der Waals surface area contributed by atoms with Crippen LogP contribution in [0.25, 0.3) is 0 Å². The number of thiazole rings is 1. The fourth-order valence-corrected chi connectivity index (χ4v) is 2.18. The molecule has 7 heteroatoms. The molecule has 3 N–H and O–H groups in total. The topological polar surface area (TPSA) is 91.3 Å². The second-order valence-electron chi connectivity index (χ2n) is 4.14. The van der Waals surface area contributed by atoms with Gasteiger partial charge in [-0.25, -0.2) is 9.78 Å². The van der Waals surface area contributed by atoms with Gasteiger partial charge in [0.2, 0.25) is 5.91 Å². The second-order valence-corrected chi connectivity index (χ2v) is 5.14. The van der Waals surface area contributed by atoms with E-state index in [1.54, 1.807) is 6.92 Å². The maximum absolute atomic E-state index is 11.4. The number of rotatable bonds is 6. The van der Waals surface area contributed by atoms with Crippen LogP contribution < -0.4 is 10.6 Å². The highest BCUT2D eigenvalue weighted by atomic mass is 32.1. The fourth-order valence-electron chi connectivity index (χ4n) is 1.35. The van der Waals surface area contributed by atoms with E-state index in [-0.39, 0.29) is 16.8 Å². The molecule has 1 amide bonds. The Labute approximate surface area is 109 Å². The van der Waals surface area contributed by atoms with Crippen LogP contribution in [0.2, 0.25) is 0 Å². The average Bonchev–Trinajstić information content (AvgIpc) is 2.58. The molecule has 0 fully saturated rings. The predicted molar refractivity (Wildman–Crippen MR) is 70.2 cm³/mol. The Balaban J connectivity index is 2.42. The van der Waals surface area contributed by atoms with Gasteiger partial charge < -0.3 is 15.7 Å². The lowest BCUT2D eigenvalue weighted by Gasteiger charge is -2.08. The number of nitrogens with zero attached hydrogens (tertiary/aromatic N) is 1. The van der Waals surface area contributed by atoms with Gasteiger partial charge in [-0.1, -0.05) is 11.3 Å². The highest BCUT2D eigenvalue weighted by Crippen LogP contribution is 2.22. The van der Waals surface area contributed by atoms with Crippen molar-refractivity contribution in [3.8, 4) is 0 Å². The largest absolute Gasteiger partial charge is 0.477 e. The summed E-state index contributed by atoms with van der Waals surface area (Å²) in [6.07, 6.45) is 0.333. The van der Waals surface area contributed by atoms with Gasteiger partial charge in [-0.15, -0.1) is 0 Å². The van der Waals surface area contributed by atoms with Gasteiger partial charge in [-0.05, 0) is 20.8 Å². The zero-order chi connectivity index (χ0) is 13.7. The van der Waals surface area contributed by atoms with Gasteiger partial charge in [0, 0.05) is 19.0 Å². The number of aromatic carboxylic acids is 1. The standard InChI is InChI=1S/C11H17N3O3S/c1-6(2)13-8(15)4-5-12-11-14-7(3)9(18-11)10(16)17/h6H,4-5H2,1-3H3,(H,12,14)(H,13,15)(H,16,17). The highest BCUT2D eigenvalue weighted by Gasteiger charge is 2.13. The van der Waals surface area contributed by atoms with E-state index in [0.717, 1.165) is 11.3 Å². The van der Waals surface area contributed by atoms with Crippen LogP contribution in [-0.4, -0.2) is 34.6 Å². The molecule has 6 nitrogen and oxygen atoms in total. The van der Waals surface area contributed by atoms with Crippen LogP contribution in [0.1, 0.15) is 35.6 Å². The first-order valence-electron chi connectivity index (χ1n) is 5.64. The third-order valence-corrected chi connectivity index (χ3v) is 3.17. The minimum absolute atomic E-state index is 0.0377. The summed E-state index contributed by atoms with van der Waals surface area (Å²) in [4.78, 5) is 26.5. The van der Waals surface area contributed by atoms with E-state index in [4.69, 9.17) is 5.11 Å². The van der Waals surface area contributed by atoms with Gasteiger partial charge in [0.25, 0.3) is 0 Å². The maximum Gasteiger partial charge on any atom is 0.347 e. The van der Waals surface area contributed by atoms with Gasteiger partial charge >= 0.3 is 5.97 Å². The van der Waals surface area contributed by atoms with Crippen LogP contribution in [0.15, 0.2) is 0 Å². The summed E-state index contributed by atoms with van der Waals surface area (Å²) in [7, 11) is 0. The van der Waals surface area contributed by atoms with Crippen molar-refractivity contribution in [1.29, 1.82) is 0 Å². The van der Waals surface area contributed by atoms with Gasteiger partial charge in [-0.2, -0.15) is 0 Å². The molecule has 1 aromatic heterocycles. The summed E-state index contributed by atoms with van der Waals surface area (Å²) in [5.74, 6) is -1.01. The zero-order valence-corrected chi connectivity index (χ0v) is 11.4. The van der Waals surface area contributed by atoms with E-state index >= 15 is 0 Å². The van der Waals surface area contributed by atoms with Crippen molar-refractivity contribution in [2.75, 3.05) is 11.9 Å². The summed E-state index contributed by atoms with van der Waals surface area (Å²) < 4.78 is 0. The first-order chi connectivity index (χ1) is 8.40. The van der Waals surface area contributed by atoms with Crippen molar-refractivity contribution in [2.24, 2.45) is 0 Å². The molecular weight excluding hydrogens is 254 g/mol. The minimum Gasteiger partial charge on any atom is -0.477 e. The second kappa shape index (κ2) is 6.34. The van der Waals surface area contributed by atoms with E-state index in [9.17, 15) is 9.59 Å². The summed E-state index contributed by atoms with van der Waals surface area (Å²) in [5.41, 5.74) is 0.488. The third kappa shape index (κ3) is 4.33. The first kappa shape index (κ1) is 14.4. The minimum atomic E-state index is -0.976. The van der Waals surface area contributed by atoms with Crippen LogP contribution >= 0.6 is 11.3 Å². The summed E-state index contributed by atoms with van der Waals surface area (Å²) in [5, 5.41) is 15.1. The molecule has 0 aliphatic heterocycles. The van der Waals surface area contributed by atoms with Crippen LogP contribution in [0.4, 0.5) is 5.13 Å². The van der Waals surface area contributed by atoms with Gasteiger partial charge in [-0.3, -0.25) is 4.79 Å². The molecule has 1 rings (SSSR count). The molecule has 0 saturated carbocycles. The molecule has 1 aromatic rings. The molecule has 0 saturated heterocycles. The van der Waals surface area contributed by atoms with Crippen LogP contribution in [-0.2, 0) is 4.79 Å². The average molecular weight is 271 g/mol. The van der Waals surface area contributed by atoms with E-state index < -0.39 is 5.97 Å². The number of carbonyl (C=O) groups is 2. The van der Waals surface area contributed by atoms with E-state index in [2.05, 4.69) is 15.6 Å². The quantitative estimate of drug-likeness (QED) is 0.729. The number of carboxylic acids is 1. The molecule has 0 unspecified atom stereocenters. The summed E-state index contributed by atoms with van der Waals surface area (Å²) >= 11 is 1.08. The Morgan fingerprint density at radius 3 is 2.61 bits per heavy atom. The number of hydrogen-bond donors (Lipinski definition) is 3. The Kier molecular flexibility index (Phi) is 5.08. The van der Waals surface area contributed by atoms with E-state index in [0.29, 0.717) is 23.8 Å². The molecule has 1 heterocycles. The lowest BCUT2D eigenvalue weighted by Crippen LogP contribution is -2.31. The van der Waals surface area contributed by atoms with E-state index in [1.165, 1.54) is 0 Å². The van der Waals surface area contributed by atoms with Crippen LogP contribution in [0.5, 0.6) is 0 Å². The number of nitrogens with one attached hydrogen (secondary N) is 2. The molecule has 0 spiro atoms. The van der Waals surface area contributed by atoms with Crippen molar-refractivity contribution in [2.45, 2.75) is 33.2 Å². The number of aromatic nitrogens is 1. The number of hydrogen-bond acceptors (Lipinski definition) is 5. The molecule has 0 radical (unpaired) electrons. The summed E-state index contributed by atoms with van der Waals surface area (Å²) in [6.45, 7) is 5.88. The van der Waals surface area contributed by atoms with Gasteiger partial charge in [0.15, 0.2) is 5.13 Å². The number of anilines is 1. The molecule has 0 aliphatic carbocycles. The lowest BCUT2D eigenvalue weighted by atomic mass is 10.3. The van der Waals surface area contributed by atoms with Crippen LogP contribution in [0, 0.1) is 6.92 Å². The van der Waals surface area contributed by atoms with Crippen molar-refractivity contribution in [3.05, 3.63) is 10.6 Å². The first-order valence-corrected chi connectivity index (χ1v) is 6.45. The molecule has 0 aliphatic rings. The highest BCUT2D eigenvalue weighted by molar-refractivity contribution is 7.17. The predicted octanol–water partition coefficient (Wildman–Crippen LogP) is 1.48. The lowest BCUT2D eigenvalue weighted by molar-refractivity contribution is -0.121. The Bertz CT molecular complexity index is 443. The van der Waals surface area contributed by atoms with Gasteiger partial charge in [0.1, 0.15) is 4.88 Å². The molecular formula is C11H17N3O3S. The summed E-state index contributed by atoms with van der Waals surface area (Å²) in [6, 6.07) is 0.123. The van der Waals surface area contributed by atoms with Crippen molar-refractivity contribution in [1.82, 2.24) is 10.3 Å². The zero-order valence-electron chi connectivity index (χ0n) is 10.6. The molecule has 0 aromatic carbocycles. The smallest absolute Gasteiger partial charge is 0.347 e. The monoisotopic (exact) mass is 271 g/mol. The number of aryl methyl sites for hydroxylation is 1. The number of carboxylic acid groups (broad SMARTS) is 1. The molecule has 0 bridgehead atoms. The Morgan fingerprint density at radius 2 is 2.11 bits per heavy atom. The van der Waals surface area contributed by atoms with Crippen molar-refractivity contribution in [3.63, 3.8) is 0 Å². The maximum atomic E-state index is 11.4. The molecule has 100 valence electrons.